The zero-order valence-corrected chi connectivity index (χ0v) is 21.6. The number of hydrogen-bond acceptors (Lipinski definition) is 8. The standard InChI is InChI=1S/C26H30F2N6OS/c1-25-8-5-9-26(2,33-25)23(28)18(13-25)34(3)21-14-29-24(32-31-21)17-7-6-15(10-19(17)35)16-11-20(27)30-22(12-16)36-4/h6-7,10-12,14,18,23,33,35H,5,8-9,13H2,1-4H3/t18-,23-,25-,26+/m1/s1. The number of phenolic OH excluding ortho intramolecular Hbond substituents is 1. The van der Waals surface area contributed by atoms with Crippen LogP contribution in [0.15, 0.2) is 41.6 Å². The van der Waals surface area contributed by atoms with Gasteiger partial charge in [0, 0.05) is 24.2 Å². The molecule has 0 aliphatic carbocycles. The minimum atomic E-state index is -1.06. The number of thioether (sulfide) groups is 1. The van der Waals surface area contributed by atoms with Crippen LogP contribution in [0.4, 0.5) is 14.6 Å². The number of benzene rings is 1. The molecule has 4 atom stereocenters. The molecule has 0 unspecified atom stereocenters. The molecule has 0 saturated carbocycles. The van der Waals surface area contributed by atoms with Crippen LogP contribution in [-0.4, -0.2) is 61.9 Å². The van der Waals surface area contributed by atoms with Crippen LogP contribution in [0.3, 0.4) is 0 Å². The molecule has 7 nitrogen and oxygen atoms in total. The van der Waals surface area contributed by atoms with Gasteiger partial charge in [-0.1, -0.05) is 6.07 Å². The Morgan fingerprint density at radius 3 is 2.64 bits per heavy atom. The normalized spacial score (nSPS) is 27.6. The van der Waals surface area contributed by atoms with Crippen LogP contribution < -0.4 is 10.2 Å². The summed E-state index contributed by atoms with van der Waals surface area (Å²) >= 11 is 1.34. The number of rotatable bonds is 5. The van der Waals surface area contributed by atoms with Gasteiger partial charge >= 0.3 is 0 Å². The van der Waals surface area contributed by atoms with Gasteiger partial charge in [-0.3, -0.25) is 0 Å². The van der Waals surface area contributed by atoms with E-state index in [4.69, 9.17) is 0 Å². The second-order valence-electron chi connectivity index (χ2n) is 10.3. The maximum absolute atomic E-state index is 15.6. The first-order chi connectivity index (χ1) is 17.1. The van der Waals surface area contributed by atoms with Crippen LogP contribution in [0.5, 0.6) is 5.75 Å². The molecule has 0 radical (unpaired) electrons. The van der Waals surface area contributed by atoms with E-state index in [0.717, 1.165) is 19.3 Å². The molecule has 4 heterocycles. The van der Waals surface area contributed by atoms with Crippen LogP contribution in [0, 0.1) is 5.95 Å². The second-order valence-corrected chi connectivity index (χ2v) is 11.2. The minimum Gasteiger partial charge on any atom is -0.507 e. The molecule has 2 aromatic heterocycles. The highest BCUT2D eigenvalue weighted by Gasteiger charge is 2.53. The van der Waals surface area contributed by atoms with Crippen molar-refractivity contribution in [2.75, 3.05) is 18.2 Å². The van der Waals surface area contributed by atoms with Crippen molar-refractivity contribution in [2.24, 2.45) is 0 Å². The van der Waals surface area contributed by atoms with Crippen LogP contribution >= 0.6 is 11.8 Å². The first-order valence-corrected chi connectivity index (χ1v) is 13.2. The van der Waals surface area contributed by atoms with Gasteiger partial charge in [0.15, 0.2) is 11.6 Å². The van der Waals surface area contributed by atoms with Crippen molar-refractivity contribution in [2.45, 2.75) is 67.8 Å². The molecule has 190 valence electrons. The largest absolute Gasteiger partial charge is 0.507 e. The van der Waals surface area contributed by atoms with Gasteiger partial charge in [-0.15, -0.1) is 22.0 Å². The molecular formula is C26H30F2N6OS. The predicted molar refractivity (Wildman–Crippen MR) is 137 cm³/mol. The number of hydrogen-bond donors (Lipinski definition) is 2. The highest BCUT2D eigenvalue weighted by atomic mass is 32.2. The average Bonchev–Trinajstić information content (AvgIpc) is 2.85. The first kappa shape index (κ1) is 24.8. The zero-order valence-electron chi connectivity index (χ0n) is 20.8. The van der Waals surface area contributed by atoms with Crippen molar-refractivity contribution in [3.63, 3.8) is 0 Å². The van der Waals surface area contributed by atoms with Gasteiger partial charge in [0.2, 0.25) is 5.95 Å². The van der Waals surface area contributed by atoms with Crippen molar-refractivity contribution in [3.05, 3.63) is 42.5 Å². The monoisotopic (exact) mass is 512 g/mol. The Hall–Kier alpha value is -2.85. The third kappa shape index (κ3) is 4.52. The van der Waals surface area contributed by atoms with Gasteiger partial charge in [-0.25, -0.2) is 14.4 Å². The van der Waals surface area contributed by atoms with E-state index in [1.165, 1.54) is 17.8 Å². The molecular weight excluding hydrogens is 482 g/mol. The van der Waals surface area contributed by atoms with Gasteiger partial charge in [0.1, 0.15) is 11.9 Å². The molecule has 2 aliphatic rings. The maximum Gasteiger partial charge on any atom is 0.214 e. The summed E-state index contributed by atoms with van der Waals surface area (Å²) in [6.07, 6.45) is 5.83. The molecule has 2 fully saturated rings. The van der Waals surface area contributed by atoms with E-state index in [0.29, 0.717) is 34.0 Å². The summed E-state index contributed by atoms with van der Waals surface area (Å²) in [5, 5.41) is 23.3. The maximum atomic E-state index is 15.6. The molecule has 2 saturated heterocycles. The van der Waals surface area contributed by atoms with Gasteiger partial charge in [0.25, 0.3) is 0 Å². The Bertz CT molecular complexity index is 1280. The molecule has 2 aliphatic heterocycles. The fourth-order valence-corrected chi connectivity index (χ4v) is 6.13. The lowest BCUT2D eigenvalue weighted by molar-refractivity contribution is 0.00193. The Balaban J connectivity index is 1.38. The van der Waals surface area contributed by atoms with Crippen molar-refractivity contribution < 1.29 is 13.9 Å². The van der Waals surface area contributed by atoms with Crippen molar-refractivity contribution in [1.82, 2.24) is 25.5 Å². The topological polar surface area (TPSA) is 87.1 Å². The number of anilines is 1. The van der Waals surface area contributed by atoms with Crippen LogP contribution in [0.2, 0.25) is 0 Å². The number of phenols is 1. The molecule has 5 rings (SSSR count). The van der Waals surface area contributed by atoms with E-state index >= 15 is 4.39 Å². The van der Waals surface area contributed by atoms with Crippen LogP contribution in [0.1, 0.15) is 39.5 Å². The van der Waals surface area contributed by atoms with E-state index in [1.807, 2.05) is 25.1 Å². The number of aromatic nitrogens is 4. The molecule has 0 spiro atoms. The lowest BCUT2D eigenvalue weighted by Gasteiger charge is -2.56. The number of pyridine rings is 1. The third-order valence-electron chi connectivity index (χ3n) is 7.58. The summed E-state index contributed by atoms with van der Waals surface area (Å²) in [6, 6.07) is 7.72. The summed E-state index contributed by atoms with van der Waals surface area (Å²) in [5.74, 6) is 0.101. The Labute approximate surface area is 213 Å². The summed E-state index contributed by atoms with van der Waals surface area (Å²) in [7, 11) is 1.83. The summed E-state index contributed by atoms with van der Waals surface area (Å²) in [4.78, 5) is 10.1. The molecule has 1 aromatic carbocycles. The highest BCUT2D eigenvalue weighted by Crippen LogP contribution is 2.43. The number of piperidine rings is 2. The lowest BCUT2D eigenvalue weighted by atomic mass is 9.68. The fourth-order valence-electron chi connectivity index (χ4n) is 5.71. The molecule has 2 bridgehead atoms. The Morgan fingerprint density at radius 1 is 1.14 bits per heavy atom. The smallest absolute Gasteiger partial charge is 0.214 e. The summed E-state index contributed by atoms with van der Waals surface area (Å²) < 4.78 is 29.5. The SMILES string of the molecule is CSc1cc(-c2ccc(-c3ncc(N(C)[C@@H]4C[C@@]5(C)CCC[C@](C)(N5)[C@@H]4F)nn3)c(O)c2)cc(F)n1. The summed E-state index contributed by atoms with van der Waals surface area (Å²) in [5.41, 5.74) is 0.980. The van der Waals surface area contributed by atoms with Crippen molar-refractivity contribution in [3.8, 4) is 28.3 Å². The summed E-state index contributed by atoms with van der Waals surface area (Å²) in [6.45, 7) is 4.13. The lowest BCUT2D eigenvalue weighted by Crippen LogP contribution is -2.72. The number of aromatic hydroxyl groups is 1. The quantitative estimate of drug-likeness (QED) is 0.365. The Morgan fingerprint density at radius 2 is 1.94 bits per heavy atom. The molecule has 2 N–H and O–H groups in total. The number of nitrogens with zero attached hydrogens (tertiary/aromatic N) is 5. The number of alkyl halides is 1. The van der Waals surface area contributed by atoms with Crippen molar-refractivity contribution >= 4 is 17.6 Å². The van der Waals surface area contributed by atoms with E-state index < -0.39 is 17.7 Å². The van der Waals surface area contributed by atoms with E-state index in [-0.39, 0.29) is 23.2 Å². The highest BCUT2D eigenvalue weighted by molar-refractivity contribution is 7.98. The molecule has 0 amide bonds. The number of fused-ring (bicyclic) bond motifs is 2. The molecule has 36 heavy (non-hydrogen) atoms. The number of halogens is 2. The minimum absolute atomic E-state index is 0.0471. The fraction of sp³-hybridized carbons (Fsp3) is 0.462. The van der Waals surface area contributed by atoms with Gasteiger partial charge in [0.05, 0.1) is 22.8 Å². The van der Waals surface area contributed by atoms with E-state index in [1.54, 1.807) is 30.5 Å². The van der Waals surface area contributed by atoms with E-state index in [9.17, 15) is 9.50 Å². The first-order valence-electron chi connectivity index (χ1n) is 12.0. The third-order valence-corrected chi connectivity index (χ3v) is 8.21. The van der Waals surface area contributed by atoms with Crippen LogP contribution in [-0.2, 0) is 0 Å². The average molecular weight is 513 g/mol. The van der Waals surface area contributed by atoms with E-state index in [2.05, 4.69) is 32.4 Å². The predicted octanol–water partition coefficient (Wildman–Crippen LogP) is 5.00. The molecule has 10 heteroatoms. The second kappa shape index (κ2) is 9.23. The Kier molecular flexibility index (Phi) is 6.36. The molecule has 3 aromatic rings. The van der Waals surface area contributed by atoms with Crippen LogP contribution in [0.25, 0.3) is 22.5 Å². The van der Waals surface area contributed by atoms with Gasteiger partial charge < -0.3 is 15.3 Å². The zero-order chi connectivity index (χ0) is 25.7. The van der Waals surface area contributed by atoms with Crippen molar-refractivity contribution in [1.29, 1.82) is 0 Å². The van der Waals surface area contributed by atoms with Gasteiger partial charge in [-0.2, -0.15) is 4.39 Å². The van der Waals surface area contributed by atoms with Gasteiger partial charge in [-0.05, 0) is 75.1 Å². The number of nitrogens with one attached hydrogen (secondary N) is 1.